The average Bonchev–Trinajstić information content (AvgIpc) is 2.18. The number of hydrogen-bond donors (Lipinski definition) is 1. The molecule has 0 saturated heterocycles. The first kappa shape index (κ1) is 9.48. The molecular formula is C10H10O3. The van der Waals surface area contributed by atoms with Gasteiger partial charge in [0.2, 0.25) is 0 Å². The molecule has 0 unspecified atom stereocenters. The summed E-state index contributed by atoms with van der Waals surface area (Å²) in [6.45, 7) is 1.91. The molecule has 0 saturated carbocycles. The van der Waals surface area contributed by atoms with Crippen LogP contribution in [0.5, 0.6) is 0 Å². The summed E-state index contributed by atoms with van der Waals surface area (Å²) in [5, 5.41) is 8.10. The van der Waals surface area contributed by atoms with Crippen LogP contribution in [0.1, 0.15) is 22.8 Å². The Kier molecular flexibility index (Phi) is 3.23. The number of hydrogen-bond acceptors (Lipinski definition) is 3. The lowest BCUT2D eigenvalue weighted by atomic mass is 10.1. The molecule has 68 valence electrons. The van der Waals surface area contributed by atoms with Crippen LogP contribution in [0, 0.1) is 0 Å². The molecule has 3 heteroatoms. The van der Waals surface area contributed by atoms with Crippen LogP contribution in [0.2, 0.25) is 0 Å². The van der Waals surface area contributed by atoms with Gasteiger partial charge in [-0.25, -0.2) is 4.79 Å². The predicted octanol–water partition coefficient (Wildman–Crippen LogP) is 2.35. The fraction of sp³-hybridized carbons (Fsp3) is 0.100. The minimum absolute atomic E-state index is 0.329. The maximum absolute atomic E-state index is 10.8. The van der Waals surface area contributed by atoms with Gasteiger partial charge in [-0.2, -0.15) is 5.26 Å². The zero-order valence-electron chi connectivity index (χ0n) is 7.23. The van der Waals surface area contributed by atoms with E-state index < -0.39 is 5.97 Å². The molecule has 0 atom stereocenters. The van der Waals surface area contributed by atoms with Crippen LogP contribution in [0.4, 0.5) is 0 Å². The van der Waals surface area contributed by atoms with Crippen LogP contribution in [-0.4, -0.2) is 11.2 Å². The number of benzene rings is 1. The molecule has 3 nitrogen and oxygen atoms in total. The Balaban J connectivity index is 2.87. The molecule has 0 fully saturated rings. The van der Waals surface area contributed by atoms with Crippen molar-refractivity contribution in [2.75, 3.05) is 0 Å². The molecule has 0 aliphatic heterocycles. The van der Waals surface area contributed by atoms with Gasteiger partial charge in [-0.1, -0.05) is 24.3 Å². The number of carbonyl (C=O) groups is 1. The van der Waals surface area contributed by atoms with Gasteiger partial charge in [0.1, 0.15) is 0 Å². The third kappa shape index (κ3) is 2.42. The molecular weight excluding hydrogens is 168 g/mol. The summed E-state index contributed by atoms with van der Waals surface area (Å²) in [6, 6.07) is 6.72. The van der Waals surface area contributed by atoms with Crippen LogP contribution < -0.4 is 0 Å². The summed E-state index contributed by atoms with van der Waals surface area (Å²) >= 11 is 0. The smallest absolute Gasteiger partial charge is 0.296 e. The molecule has 1 N–H and O–H groups in total. The Morgan fingerprint density at radius 1 is 1.38 bits per heavy atom. The first-order valence-corrected chi connectivity index (χ1v) is 3.86. The van der Waals surface area contributed by atoms with E-state index in [1.54, 1.807) is 24.3 Å². The number of allylic oxidation sites excluding steroid dienone is 1. The highest BCUT2D eigenvalue weighted by molar-refractivity contribution is 5.89. The van der Waals surface area contributed by atoms with Crippen molar-refractivity contribution < 1.29 is 14.9 Å². The van der Waals surface area contributed by atoms with Crippen molar-refractivity contribution in [2.24, 2.45) is 0 Å². The van der Waals surface area contributed by atoms with E-state index in [1.165, 1.54) is 0 Å². The molecule has 0 amide bonds. The van der Waals surface area contributed by atoms with Crippen LogP contribution in [0.25, 0.3) is 6.08 Å². The van der Waals surface area contributed by atoms with Gasteiger partial charge in [-0.05, 0) is 24.6 Å². The zero-order valence-corrected chi connectivity index (χ0v) is 7.23. The first-order valence-electron chi connectivity index (χ1n) is 3.86. The van der Waals surface area contributed by atoms with Crippen molar-refractivity contribution in [2.45, 2.75) is 6.92 Å². The van der Waals surface area contributed by atoms with Gasteiger partial charge in [-0.3, -0.25) is 4.89 Å². The lowest BCUT2D eigenvalue weighted by molar-refractivity contribution is -0.182. The lowest BCUT2D eigenvalue weighted by Crippen LogP contribution is -2.00. The topological polar surface area (TPSA) is 46.5 Å². The first-order chi connectivity index (χ1) is 6.27. The Bertz CT molecular complexity index is 311. The van der Waals surface area contributed by atoms with Crippen molar-refractivity contribution in [3.8, 4) is 0 Å². The molecule has 0 aliphatic carbocycles. The third-order valence-corrected chi connectivity index (χ3v) is 1.59. The fourth-order valence-electron chi connectivity index (χ4n) is 0.975. The molecule has 0 bridgehead atoms. The van der Waals surface area contributed by atoms with E-state index >= 15 is 0 Å². The Labute approximate surface area is 76.2 Å². The van der Waals surface area contributed by atoms with Crippen molar-refractivity contribution >= 4 is 12.0 Å². The number of carbonyl (C=O) groups excluding carboxylic acids is 1. The fourth-order valence-corrected chi connectivity index (χ4v) is 0.975. The summed E-state index contributed by atoms with van der Waals surface area (Å²) in [6.07, 6.45) is 3.81. The molecule has 13 heavy (non-hydrogen) atoms. The Hall–Kier alpha value is -1.61. The van der Waals surface area contributed by atoms with Gasteiger partial charge in [0.05, 0.1) is 5.56 Å². The highest BCUT2D eigenvalue weighted by atomic mass is 17.1. The zero-order chi connectivity index (χ0) is 9.68. The van der Waals surface area contributed by atoms with Crippen molar-refractivity contribution in [3.05, 3.63) is 41.5 Å². The molecule has 1 aromatic rings. The van der Waals surface area contributed by atoms with Crippen molar-refractivity contribution in [3.63, 3.8) is 0 Å². The summed E-state index contributed by atoms with van der Waals surface area (Å²) in [5.74, 6) is -0.743. The van der Waals surface area contributed by atoms with Crippen LogP contribution >= 0.6 is 0 Å². The highest BCUT2D eigenvalue weighted by Gasteiger charge is 2.04. The average molecular weight is 178 g/mol. The highest BCUT2D eigenvalue weighted by Crippen LogP contribution is 2.06. The predicted molar refractivity (Wildman–Crippen MR) is 49.2 cm³/mol. The second kappa shape index (κ2) is 4.42. The Morgan fingerprint density at radius 3 is 2.46 bits per heavy atom. The SMILES string of the molecule is C/C=C\c1ccc(C(=O)OO)cc1. The second-order valence-electron chi connectivity index (χ2n) is 2.50. The molecule has 0 spiro atoms. The van der Waals surface area contributed by atoms with Gasteiger partial charge in [-0.15, -0.1) is 0 Å². The summed E-state index contributed by atoms with van der Waals surface area (Å²) in [4.78, 5) is 14.4. The summed E-state index contributed by atoms with van der Waals surface area (Å²) in [7, 11) is 0. The Morgan fingerprint density at radius 2 is 2.00 bits per heavy atom. The minimum atomic E-state index is -0.743. The molecule has 0 aliphatic rings. The normalized spacial score (nSPS) is 10.3. The van der Waals surface area contributed by atoms with E-state index in [-0.39, 0.29) is 0 Å². The largest absolute Gasteiger partial charge is 0.372 e. The van der Waals surface area contributed by atoms with Crippen molar-refractivity contribution in [1.82, 2.24) is 0 Å². The van der Waals surface area contributed by atoms with Crippen LogP contribution in [0.15, 0.2) is 30.3 Å². The van der Waals surface area contributed by atoms with Gasteiger partial charge < -0.3 is 0 Å². The van der Waals surface area contributed by atoms with E-state index in [4.69, 9.17) is 5.26 Å². The maximum Gasteiger partial charge on any atom is 0.372 e. The molecule has 1 aromatic carbocycles. The molecule has 0 radical (unpaired) electrons. The second-order valence-corrected chi connectivity index (χ2v) is 2.50. The summed E-state index contributed by atoms with van der Waals surface area (Å²) < 4.78 is 0. The molecule has 0 aromatic heterocycles. The van der Waals surface area contributed by atoms with Crippen LogP contribution in [0.3, 0.4) is 0 Å². The van der Waals surface area contributed by atoms with Gasteiger partial charge in [0.15, 0.2) is 0 Å². The molecule has 0 heterocycles. The van der Waals surface area contributed by atoms with E-state index in [9.17, 15) is 4.79 Å². The monoisotopic (exact) mass is 178 g/mol. The maximum atomic E-state index is 10.8. The van der Waals surface area contributed by atoms with Gasteiger partial charge in [0.25, 0.3) is 0 Å². The third-order valence-electron chi connectivity index (χ3n) is 1.59. The van der Waals surface area contributed by atoms with E-state index in [0.29, 0.717) is 5.56 Å². The minimum Gasteiger partial charge on any atom is -0.296 e. The van der Waals surface area contributed by atoms with E-state index in [0.717, 1.165) is 5.56 Å². The standard InChI is InChI=1S/C10H10O3/c1-2-3-8-4-6-9(7-5-8)10(11)13-12/h2-7,12H,1H3/b3-2-. The van der Waals surface area contributed by atoms with Crippen molar-refractivity contribution in [1.29, 1.82) is 0 Å². The van der Waals surface area contributed by atoms with Gasteiger partial charge in [0, 0.05) is 0 Å². The molecule has 1 rings (SSSR count). The quantitative estimate of drug-likeness (QED) is 0.558. The number of rotatable bonds is 2. The van der Waals surface area contributed by atoms with E-state index in [2.05, 4.69) is 4.89 Å². The van der Waals surface area contributed by atoms with Gasteiger partial charge >= 0.3 is 5.97 Å². The van der Waals surface area contributed by atoms with Crippen LogP contribution in [-0.2, 0) is 4.89 Å². The summed E-state index contributed by atoms with van der Waals surface area (Å²) in [5.41, 5.74) is 1.33. The van der Waals surface area contributed by atoms with E-state index in [1.807, 2.05) is 19.1 Å². The lowest BCUT2D eigenvalue weighted by Gasteiger charge is -1.96.